The number of fused-ring (bicyclic) bond motifs is 1. The Balaban J connectivity index is 1.54. The van der Waals surface area contributed by atoms with Crippen LogP contribution >= 0.6 is 0 Å². The fraction of sp³-hybridized carbons (Fsp3) is 0.500. The third-order valence-electron chi connectivity index (χ3n) is 4.85. The number of aryl methyl sites for hydroxylation is 1. The summed E-state index contributed by atoms with van der Waals surface area (Å²) in [6, 6.07) is 7.22. The number of piperidine rings is 1. The zero-order chi connectivity index (χ0) is 14.9. The molecule has 0 aliphatic carbocycles. The van der Waals surface area contributed by atoms with Gasteiger partial charge in [0.05, 0.1) is 17.9 Å². The van der Waals surface area contributed by atoms with E-state index in [4.69, 9.17) is 0 Å². The van der Waals surface area contributed by atoms with Gasteiger partial charge in [0, 0.05) is 49.0 Å². The van der Waals surface area contributed by atoms with Crippen LogP contribution in [0.1, 0.15) is 36.7 Å². The van der Waals surface area contributed by atoms with Crippen LogP contribution in [0, 0.1) is 5.92 Å². The zero-order valence-corrected chi connectivity index (χ0v) is 12.7. The van der Waals surface area contributed by atoms with Gasteiger partial charge in [-0.15, -0.1) is 0 Å². The number of hydrazine groups is 1. The van der Waals surface area contributed by atoms with Gasteiger partial charge in [0.1, 0.15) is 0 Å². The molecule has 2 aliphatic rings. The van der Waals surface area contributed by atoms with Crippen molar-refractivity contribution in [3.63, 3.8) is 0 Å². The van der Waals surface area contributed by atoms with Gasteiger partial charge in [-0.05, 0) is 25.5 Å². The van der Waals surface area contributed by atoms with Crippen LogP contribution in [0.5, 0.6) is 0 Å². The Labute approximate surface area is 130 Å². The fourth-order valence-electron chi connectivity index (χ4n) is 3.61. The van der Waals surface area contributed by atoms with Crippen LogP contribution in [-0.4, -0.2) is 27.4 Å². The quantitative estimate of drug-likeness (QED) is 0.794. The first-order valence-corrected chi connectivity index (χ1v) is 8.03. The predicted octanol–water partition coefficient (Wildman–Crippen LogP) is 1.17. The Bertz CT molecular complexity index is 625. The van der Waals surface area contributed by atoms with Crippen LogP contribution < -0.4 is 16.2 Å². The standard InChI is InChI=1S/C16H22N6/c1-2-22-10-11(8-19-22)14-7-12-15(9-18-14)20-21-16(12)13-5-3-4-6-17-13/h3-6,8,10,12,14-16,18,20-21H,2,7,9H2,1H3. The monoisotopic (exact) mass is 298 g/mol. The first kappa shape index (κ1) is 13.9. The minimum absolute atomic E-state index is 0.275. The lowest BCUT2D eigenvalue weighted by Crippen LogP contribution is -2.46. The van der Waals surface area contributed by atoms with Crippen molar-refractivity contribution in [3.8, 4) is 0 Å². The molecule has 2 aromatic heterocycles. The average molecular weight is 298 g/mol. The molecule has 3 N–H and O–H groups in total. The molecule has 0 aromatic carbocycles. The maximum Gasteiger partial charge on any atom is 0.0679 e. The number of hydrogen-bond donors (Lipinski definition) is 3. The molecular weight excluding hydrogens is 276 g/mol. The van der Waals surface area contributed by atoms with E-state index in [1.54, 1.807) is 0 Å². The minimum atomic E-state index is 0.275. The summed E-state index contributed by atoms with van der Waals surface area (Å²) < 4.78 is 1.99. The van der Waals surface area contributed by atoms with Crippen molar-refractivity contribution >= 4 is 0 Å². The SMILES string of the molecule is CCn1cc(C2CC3C(CN2)NNC3c2ccccn2)cn1. The van der Waals surface area contributed by atoms with E-state index in [0.717, 1.165) is 25.2 Å². The van der Waals surface area contributed by atoms with E-state index >= 15 is 0 Å². The first-order chi connectivity index (χ1) is 10.8. The van der Waals surface area contributed by atoms with Gasteiger partial charge in [0.2, 0.25) is 0 Å². The van der Waals surface area contributed by atoms with E-state index in [-0.39, 0.29) is 6.04 Å². The smallest absolute Gasteiger partial charge is 0.0679 e. The molecule has 0 spiro atoms. The van der Waals surface area contributed by atoms with Crippen molar-refractivity contribution in [3.05, 3.63) is 48.0 Å². The van der Waals surface area contributed by atoms with E-state index in [0.29, 0.717) is 18.0 Å². The van der Waals surface area contributed by atoms with E-state index in [1.807, 2.05) is 23.1 Å². The van der Waals surface area contributed by atoms with Crippen molar-refractivity contribution in [2.24, 2.45) is 5.92 Å². The first-order valence-electron chi connectivity index (χ1n) is 8.03. The number of nitrogens with one attached hydrogen (secondary N) is 3. The number of rotatable bonds is 3. The highest BCUT2D eigenvalue weighted by atomic mass is 15.4. The molecule has 2 aromatic rings. The van der Waals surface area contributed by atoms with Crippen molar-refractivity contribution in [1.82, 2.24) is 30.9 Å². The van der Waals surface area contributed by atoms with Gasteiger partial charge in [0.25, 0.3) is 0 Å². The number of nitrogens with zero attached hydrogens (tertiary/aromatic N) is 3. The topological polar surface area (TPSA) is 66.8 Å². The third kappa shape index (κ3) is 2.43. The maximum absolute atomic E-state index is 4.53. The van der Waals surface area contributed by atoms with Gasteiger partial charge in [0.15, 0.2) is 0 Å². The Morgan fingerprint density at radius 1 is 1.32 bits per heavy atom. The van der Waals surface area contributed by atoms with Gasteiger partial charge < -0.3 is 5.32 Å². The Hall–Kier alpha value is -1.76. The van der Waals surface area contributed by atoms with Crippen molar-refractivity contribution in [2.75, 3.05) is 6.54 Å². The largest absolute Gasteiger partial charge is 0.308 e. The number of pyridine rings is 1. The van der Waals surface area contributed by atoms with E-state index in [2.05, 4.69) is 51.5 Å². The molecule has 0 radical (unpaired) electrons. The van der Waals surface area contributed by atoms with Gasteiger partial charge in [-0.1, -0.05) is 6.07 Å². The highest BCUT2D eigenvalue weighted by molar-refractivity contribution is 5.18. The lowest BCUT2D eigenvalue weighted by Gasteiger charge is -2.33. The molecule has 2 saturated heterocycles. The summed E-state index contributed by atoms with van der Waals surface area (Å²) >= 11 is 0. The average Bonchev–Trinajstić information content (AvgIpc) is 3.22. The Kier molecular flexibility index (Phi) is 3.65. The molecular formula is C16H22N6. The van der Waals surface area contributed by atoms with Crippen molar-refractivity contribution in [2.45, 2.75) is 38.0 Å². The van der Waals surface area contributed by atoms with E-state index < -0.39 is 0 Å². The predicted molar refractivity (Wildman–Crippen MR) is 83.8 cm³/mol. The summed E-state index contributed by atoms with van der Waals surface area (Å²) in [6.07, 6.45) is 7.10. The van der Waals surface area contributed by atoms with Crippen LogP contribution in [0.15, 0.2) is 36.8 Å². The molecule has 4 rings (SSSR count). The van der Waals surface area contributed by atoms with E-state index in [1.165, 1.54) is 5.56 Å². The molecule has 0 bridgehead atoms. The molecule has 6 nitrogen and oxygen atoms in total. The minimum Gasteiger partial charge on any atom is -0.308 e. The molecule has 116 valence electrons. The molecule has 0 amide bonds. The molecule has 4 atom stereocenters. The summed E-state index contributed by atoms with van der Waals surface area (Å²) in [5.74, 6) is 0.533. The van der Waals surface area contributed by atoms with Crippen LogP contribution in [0.3, 0.4) is 0 Å². The summed E-state index contributed by atoms with van der Waals surface area (Å²) in [4.78, 5) is 4.53. The molecule has 0 saturated carbocycles. The number of aromatic nitrogens is 3. The third-order valence-corrected chi connectivity index (χ3v) is 4.85. The van der Waals surface area contributed by atoms with Gasteiger partial charge in [-0.25, -0.2) is 5.43 Å². The highest BCUT2D eigenvalue weighted by Gasteiger charge is 2.41. The molecule has 2 aliphatic heterocycles. The van der Waals surface area contributed by atoms with Crippen LogP contribution in [-0.2, 0) is 6.54 Å². The second-order valence-corrected chi connectivity index (χ2v) is 6.12. The van der Waals surface area contributed by atoms with Gasteiger partial charge in [-0.2, -0.15) is 5.10 Å². The molecule has 2 fully saturated rings. The normalized spacial score (nSPS) is 31.1. The number of hydrogen-bond acceptors (Lipinski definition) is 5. The molecule has 4 heterocycles. The zero-order valence-electron chi connectivity index (χ0n) is 12.7. The highest BCUT2D eigenvalue weighted by Crippen LogP contribution is 2.37. The van der Waals surface area contributed by atoms with Crippen molar-refractivity contribution < 1.29 is 0 Å². The van der Waals surface area contributed by atoms with Crippen molar-refractivity contribution in [1.29, 1.82) is 0 Å². The fourth-order valence-corrected chi connectivity index (χ4v) is 3.61. The van der Waals surface area contributed by atoms with Gasteiger partial charge >= 0.3 is 0 Å². The Morgan fingerprint density at radius 2 is 2.27 bits per heavy atom. The van der Waals surface area contributed by atoms with Crippen LogP contribution in [0.25, 0.3) is 0 Å². The summed E-state index contributed by atoms with van der Waals surface area (Å²) in [5, 5.41) is 8.05. The maximum atomic E-state index is 4.53. The molecule has 22 heavy (non-hydrogen) atoms. The van der Waals surface area contributed by atoms with Crippen LogP contribution in [0.2, 0.25) is 0 Å². The summed E-state index contributed by atoms with van der Waals surface area (Å²) in [7, 11) is 0. The molecule has 6 heteroatoms. The van der Waals surface area contributed by atoms with Gasteiger partial charge in [-0.3, -0.25) is 15.1 Å². The lowest BCUT2D eigenvalue weighted by molar-refractivity contribution is 0.265. The Morgan fingerprint density at radius 3 is 3.05 bits per heavy atom. The second-order valence-electron chi connectivity index (χ2n) is 6.12. The molecule has 4 unspecified atom stereocenters. The van der Waals surface area contributed by atoms with Crippen LogP contribution in [0.4, 0.5) is 0 Å². The lowest BCUT2D eigenvalue weighted by atomic mass is 9.82. The summed E-state index contributed by atoms with van der Waals surface area (Å²) in [5.41, 5.74) is 9.25. The van der Waals surface area contributed by atoms with E-state index in [9.17, 15) is 0 Å². The second kappa shape index (κ2) is 5.79. The summed E-state index contributed by atoms with van der Waals surface area (Å²) in [6.45, 7) is 3.99.